The zero-order valence-electron chi connectivity index (χ0n) is 30.4. The monoisotopic (exact) mass is 718 g/mol. The molecule has 3 heterocycles. The molecule has 0 fully saturated rings. The van der Waals surface area contributed by atoms with E-state index >= 15 is 0 Å². The molecule has 0 saturated heterocycles. The molecule has 0 radical (unpaired) electrons. The average molecular weight is 719 g/mol. The van der Waals surface area contributed by atoms with Gasteiger partial charge in [0.05, 0.1) is 17.1 Å². The number of aromatic nitrogens is 1. The highest BCUT2D eigenvalue weighted by Gasteiger charge is 2.23. The summed E-state index contributed by atoms with van der Waals surface area (Å²) >= 11 is 0. The summed E-state index contributed by atoms with van der Waals surface area (Å²) in [6.07, 6.45) is 5.45. The van der Waals surface area contributed by atoms with Crippen LogP contribution in [-0.4, -0.2) is 10.6 Å². The Morgan fingerprint density at radius 2 is 1.11 bits per heavy atom. The van der Waals surface area contributed by atoms with E-state index in [1.165, 1.54) is 48.9 Å². The van der Waals surface area contributed by atoms with E-state index in [0.29, 0.717) is 0 Å². The summed E-state index contributed by atoms with van der Waals surface area (Å²) in [5.74, 6) is 0. The van der Waals surface area contributed by atoms with E-state index in [1.54, 1.807) is 0 Å². The summed E-state index contributed by atoms with van der Waals surface area (Å²) in [7, 11) is 0. The molecule has 1 aliphatic rings. The Kier molecular flexibility index (Phi) is 6.72. The van der Waals surface area contributed by atoms with Gasteiger partial charge in [-0.25, -0.2) is 0 Å². The maximum Gasteiger partial charge on any atom is 0.137 e. The number of anilines is 2. The molecule has 0 N–H and O–H groups in total. The predicted octanol–water partition coefficient (Wildman–Crippen LogP) is 12.4. The molecule has 0 saturated carbocycles. The number of fused-ring (bicyclic) bond motifs is 11. The standard InChI is InChI=1S/C52H34N2O2/c1-2-10-40-35(9-1)21-28-46-41-11-3-6-14-47(41)54(52(40)46)37-24-19-34(20-25-37)33-17-22-36(23-18-33)53(38-26-29-44-42-12-4-7-15-48(42)55-50(44)31-38)39-27-30-45-43-13-5-8-16-49(43)56-51(45)32-39/h1-26,28-32,39H,27H2. The number of para-hydroxylation sites is 3. The molecule has 1 atom stereocenters. The van der Waals surface area contributed by atoms with Crippen LogP contribution in [-0.2, 0) is 0 Å². The second-order valence-corrected chi connectivity index (χ2v) is 14.8. The minimum absolute atomic E-state index is 0.0392. The second kappa shape index (κ2) is 12.1. The van der Waals surface area contributed by atoms with Gasteiger partial charge in [-0.3, -0.25) is 0 Å². The number of furan rings is 2. The van der Waals surface area contributed by atoms with Gasteiger partial charge in [-0.1, -0.05) is 121 Å². The summed E-state index contributed by atoms with van der Waals surface area (Å²) < 4.78 is 15.2. The van der Waals surface area contributed by atoms with Crippen LogP contribution in [0.25, 0.3) is 94.5 Å². The summed E-state index contributed by atoms with van der Waals surface area (Å²) in [6.45, 7) is 0. The molecule has 8 aromatic carbocycles. The first kappa shape index (κ1) is 31.1. The van der Waals surface area contributed by atoms with Crippen LogP contribution in [0.3, 0.4) is 0 Å². The lowest BCUT2D eigenvalue weighted by Crippen LogP contribution is -2.36. The second-order valence-electron chi connectivity index (χ2n) is 14.8. The van der Waals surface area contributed by atoms with Gasteiger partial charge in [0.15, 0.2) is 0 Å². The van der Waals surface area contributed by atoms with Gasteiger partial charge in [0, 0.05) is 60.7 Å². The molecule has 12 rings (SSSR count). The lowest BCUT2D eigenvalue weighted by Gasteiger charge is -2.32. The largest absolute Gasteiger partial charge is 0.456 e. The number of hydrogen-bond donors (Lipinski definition) is 0. The zero-order valence-corrected chi connectivity index (χ0v) is 30.4. The maximum atomic E-state index is 6.40. The molecule has 0 amide bonds. The van der Waals surface area contributed by atoms with Crippen LogP contribution in [0.15, 0.2) is 185 Å². The zero-order chi connectivity index (χ0) is 36.7. The topological polar surface area (TPSA) is 34.5 Å². The van der Waals surface area contributed by atoms with E-state index in [0.717, 1.165) is 61.8 Å². The van der Waals surface area contributed by atoms with Crippen molar-refractivity contribution in [2.24, 2.45) is 0 Å². The first-order chi connectivity index (χ1) is 27.7. The Labute approximate surface area is 322 Å². The minimum Gasteiger partial charge on any atom is -0.456 e. The van der Waals surface area contributed by atoms with Crippen LogP contribution < -0.4 is 15.5 Å². The highest BCUT2D eigenvalue weighted by Crippen LogP contribution is 2.39. The Hall–Kier alpha value is -7.30. The van der Waals surface area contributed by atoms with Gasteiger partial charge in [-0.2, -0.15) is 0 Å². The van der Waals surface area contributed by atoms with Crippen molar-refractivity contribution in [3.05, 3.63) is 187 Å². The van der Waals surface area contributed by atoms with Crippen LogP contribution in [0.5, 0.6) is 0 Å². The van der Waals surface area contributed by atoms with Gasteiger partial charge in [0.1, 0.15) is 22.2 Å². The van der Waals surface area contributed by atoms with E-state index in [2.05, 4.69) is 173 Å². The first-order valence-corrected chi connectivity index (χ1v) is 19.3. The molecule has 0 bridgehead atoms. The number of benzene rings is 8. The number of hydrogen-bond acceptors (Lipinski definition) is 3. The molecule has 1 aliphatic carbocycles. The van der Waals surface area contributed by atoms with Gasteiger partial charge in [-0.05, 0) is 83.6 Å². The minimum atomic E-state index is 0.0392. The lowest BCUT2D eigenvalue weighted by atomic mass is 10.0. The van der Waals surface area contributed by atoms with E-state index in [-0.39, 0.29) is 6.04 Å². The van der Waals surface area contributed by atoms with Gasteiger partial charge in [-0.15, -0.1) is 0 Å². The number of nitrogens with zero attached hydrogens (tertiary/aromatic N) is 2. The molecule has 56 heavy (non-hydrogen) atoms. The van der Waals surface area contributed by atoms with Crippen molar-refractivity contribution >= 4 is 89.0 Å². The summed E-state index contributed by atoms with van der Waals surface area (Å²) in [4.78, 5) is 2.42. The number of rotatable bonds is 5. The fourth-order valence-corrected chi connectivity index (χ4v) is 9.09. The molecule has 3 aromatic heterocycles. The Morgan fingerprint density at radius 3 is 1.93 bits per heavy atom. The van der Waals surface area contributed by atoms with Crippen molar-refractivity contribution in [3.8, 4) is 16.8 Å². The first-order valence-electron chi connectivity index (χ1n) is 19.3. The Bertz CT molecular complexity index is 3460. The molecule has 264 valence electrons. The van der Waals surface area contributed by atoms with Gasteiger partial charge >= 0.3 is 0 Å². The smallest absolute Gasteiger partial charge is 0.137 e. The Morgan fingerprint density at radius 1 is 0.482 bits per heavy atom. The van der Waals surface area contributed by atoms with Crippen LogP contribution >= 0.6 is 0 Å². The fourth-order valence-electron chi connectivity index (χ4n) is 9.09. The van der Waals surface area contributed by atoms with Gasteiger partial charge in [0.25, 0.3) is 0 Å². The van der Waals surface area contributed by atoms with Gasteiger partial charge < -0.3 is 18.3 Å². The molecule has 4 nitrogen and oxygen atoms in total. The highest BCUT2D eigenvalue weighted by molar-refractivity contribution is 6.18. The van der Waals surface area contributed by atoms with Crippen LogP contribution in [0, 0.1) is 0 Å². The summed E-state index contributed by atoms with van der Waals surface area (Å²) in [5.41, 5.74) is 11.7. The van der Waals surface area contributed by atoms with Crippen LogP contribution in [0.2, 0.25) is 0 Å². The maximum absolute atomic E-state index is 6.40. The van der Waals surface area contributed by atoms with Crippen LogP contribution in [0.1, 0.15) is 6.42 Å². The normalized spacial score (nSPS) is 14.1. The quantitative estimate of drug-likeness (QED) is 0.178. The molecule has 11 aromatic rings. The van der Waals surface area contributed by atoms with E-state index in [4.69, 9.17) is 8.83 Å². The van der Waals surface area contributed by atoms with Crippen LogP contribution in [0.4, 0.5) is 11.4 Å². The van der Waals surface area contributed by atoms with Crippen molar-refractivity contribution < 1.29 is 8.83 Å². The summed E-state index contributed by atoms with van der Waals surface area (Å²) in [6, 6.07) is 63.1. The summed E-state index contributed by atoms with van der Waals surface area (Å²) in [5, 5.41) is 9.63. The van der Waals surface area contributed by atoms with Crippen molar-refractivity contribution in [3.63, 3.8) is 0 Å². The van der Waals surface area contributed by atoms with E-state index in [1.807, 2.05) is 24.3 Å². The lowest BCUT2D eigenvalue weighted by molar-refractivity contribution is 0.568. The SMILES string of the molecule is C1=c2oc3ccccc3c2=CCC1N(c1ccc(-c2ccc(-n3c4ccccc4c4ccc5ccccc5c43)cc2)cc1)c1ccc2c(c1)oc1ccccc12. The molecular formula is C52H34N2O2. The molecule has 4 heteroatoms. The van der Waals surface area contributed by atoms with Gasteiger partial charge in [0.2, 0.25) is 0 Å². The van der Waals surface area contributed by atoms with E-state index < -0.39 is 0 Å². The third-order valence-electron chi connectivity index (χ3n) is 11.7. The van der Waals surface area contributed by atoms with Crippen molar-refractivity contribution in [2.45, 2.75) is 12.5 Å². The third-order valence-corrected chi connectivity index (χ3v) is 11.7. The molecule has 0 spiro atoms. The van der Waals surface area contributed by atoms with Crippen molar-refractivity contribution in [1.29, 1.82) is 0 Å². The highest BCUT2D eigenvalue weighted by atomic mass is 16.3. The molecular weight excluding hydrogens is 685 g/mol. The molecule has 1 unspecified atom stereocenters. The fraction of sp³-hybridized carbons (Fsp3) is 0.0385. The van der Waals surface area contributed by atoms with E-state index in [9.17, 15) is 0 Å². The van der Waals surface area contributed by atoms with Crippen molar-refractivity contribution in [1.82, 2.24) is 4.57 Å². The Balaban J connectivity index is 0.944. The molecule has 0 aliphatic heterocycles. The van der Waals surface area contributed by atoms with Crippen molar-refractivity contribution in [2.75, 3.05) is 4.90 Å². The predicted molar refractivity (Wildman–Crippen MR) is 232 cm³/mol. The third kappa shape index (κ3) is 4.72. The average Bonchev–Trinajstić information content (AvgIpc) is 3.93.